The second-order valence-electron chi connectivity index (χ2n) is 4.39. The molecule has 0 aliphatic rings. The summed E-state index contributed by atoms with van der Waals surface area (Å²) >= 11 is 3.19. The third kappa shape index (κ3) is 3.90. The van der Waals surface area contributed by atoms with Crippen LogP contribution < -0.4 is 11.1 Å². The van der Waals surface area contributed by atoms with Crippen LogP contribution in [0.3, 0.4) is 0 Å². The highest BCUT2D eigenvalue weighted by Crippen LogP contribution is 2.30. The van der Waals surface area contributed by atoms with E-state index in [1.54, 1.807) is 13.8 Å². The maximum atomic E-state index is 10.9. The Kier molecular flexibility index (Phi) is 4.00. The highest BCUT2D eigenvalue weighted by molar-refractivity contribution is 9.10. The number of carbonyl (C=O) groups is 1. The third-order valence-corrected chi connectivity index (χ3v) is 2.74. The molecular formula is C11H15BrN2O3. The van der Waals surface area contributed by atoms with Crippen molar-refractivity contribution in [1.29, 1.82) is 0 Å². The fourth-order valence-electron chi connectivity index (χ4n) is 1.20. The van der Waals surface area contributed by atoms with Crippen molar-refractivity contribution >= 4 is 33.3 Å². The van der Waals surface area contributed by atoms with Gasteiger partial charge in [0.25, 0.3) is 0 Å². The number of nitrogens with one attached hydrogen (secondary N) is 1. The largest absolute Gasteiger partial charge is 0.478 e. The molecule has 5 N–H and O–H groups in total. The molecule has 0 fully saturated rings. The number of aliphatic hydroxyl groups is 1. The summed E-state index contributed by atoms with van der Waals surface area (Å²) in [5, 5.41) is 21.4. The first kappa shape index (κ1) is 13.8. The SMILES string of the molecule is CC(C)(O)CNc1cc(C(=O)O)cc(Br)c1N. The van der Waals surface area contributed by atoms with Gasteiger partial charge in [0.05, 0.1) is 22.5 Å². The van der Waals surface area contributed by atoms with E-state index >= 15 is 0 Å². The number of nitrogens with two attached hydrogens (primary N) is 1. The van der Waals surface area contributed by atoms with Gasteiger partial charge in [0.2, 0.25) is 0 Å². The van der Waals surface area contributed by atoms with Crippen molar-refractivity contribution in [2.24, 2.45) is 0 Å². The van der Waals surface area contributed by atoms with Crippen molar-refractivity contribution in [3.8, 4) is 0 Å². The van der Waals surface area contributed by atoms with Gasteiger partial charge in [-0.2, -0.15) is 0 Å². The monoisotopic (exact) mass is 302 g/mol. The van der Waals surface area contributed by atoms with Crippen LogP contribution in [0.4, 0.5) is 11.4 Å². The van der Waals surface area contributed by atoms with E-state index in [9.17, 15) is 9.90 Å². The number of halogens is 1. The first-order valence-electron chi connectivity index (χ1n) is 4.99. The lowest BCUT2D eigenvalue weighted by molar-refractivity contribution is 0.0697. The Bertz CT molecular complexity index is 441. The summed E-state index contributed by atoms with van der Waals surface area (Å²) in [5.74, 6) is -1.03. The van der Waals surface area contributed by atoms with Gasteiger partial charge in [-0.1, -0.05) is 0 Å². The number of benzene rings is 1. The van der Waals surface area contributed by atoms with Crippen molar-refractivity contribution in [3.63, 3.8) is 0 Å². The van der Waals surface area contributed by atoms with E-state index in [-0.39, 0.29) is 12.1 Å². The van der Waals surface area contributed by atoms with Crippen LogP contribution in [0.25, 0.3) is 0 Å². The van der Waals surface area contributed by atoms with Crippen molar-refractivity contribution < 1.29 is 15.0 Å². The Labute approximate surface area is 108 Å². The first-order valence-corrected chi connectivity index (χ1v) is 5.78. The molecule has 0 saturated carbocycles. The number of nitrogen functional groups attached to an aromatic ring is 1. The van der Waals surface area contributed by atoms with Gasteiger partial charge in [-0.25, -0.2) is 4.79 Å². The fourth-order valence-corrected chi connectivity index (χ4v) is 1.66. The summed E-state index contributed by atoms with van der Waals surface area (Å²) in [6.07, 6.45) is 0. The summed E-state index contributed by atoms with van der Waals surface area (Å²) < 4.78 is 0.510. The van der Waals surface area contributed by atoms with E-state index in [4.69, 9.17) is 10.8 Å². The number of rotatable bonds is 4. The van der Waals surface area contributed by atoms with Gasteiger partial charge in [0.15, 0.2) is 0 Å². The molecule has 1 aromatic rings. The van der Waals surface area contributed by atoms with Crippen LogP contribution >= 0.6 is 15.9 Å². The maximum Gasteiger partial charge on any atom is 0.335 e. The molecule has 0 unspecified atom stereocenters. The molecule has 0 atom stereocenters. The van der Waals surface area contributed by atoms with E-state index in [0.717, 1.165) is 0 Å². The molecule has 17 heavy (non-hydrogen) atoms. The Morgan fingerprint density at radius 2 is 2.12 bits per heavy atom. The zero-order chi connectivity index (χ0) is 13.2. The van der Waals surface area contributed by atoms with Crippen LogP contribution in [-0.4, -0.2) is 28.3 Å². The second kappa shape index (κ2) is 4.93. The number of hydrogen-bond acceptors (Lipinski definition) is 4. The van der Waals surface area contributed by atoms with E-state index in [2.05, 4.69) is 21.2 Å². The molecule has 0 bridgehead atoms. The second-order valence-corrected chi connectivity index (χ2v) is 5.24. The topological polar surface area (TPSA) is 95.6 Å². The summed E-state index contributed by atoms with van der Waals surface area (Å²) in [4.78, 5) is 10.9. The molecule has 5 nitrogen and oxygen atoms in total. The van der Waals surface area contributed by atoms with Gasteiger partial charge < -0.3 is 21.3 Å². The molecule has 0 radical (unpaired) electrons. The van der Waals surface area contributed by atoms with Crippen LogP contribution in [0.2, 0.25) is 0 Å². The zero-order valence-corrected chi connectivity index (χ0v) is 11.2. The molecule has 0 spiro atoms. The van der Waals surface area contributed by atoms with E-state index in [1.165, 1.54) is 12.1 Å². The minimum atomic E-state index is -1.03. The molecule has 0 heterocycles. The minimum Gasteiger partial charge on any atom is -0.478 e. The maximum absolute atomic E-state index is 10.9. The highest BCUT2D eigenvalue weighted by Gasteiger charge is 2.15. The molecule has 0 saturated heterocycles. The number of hydrogen-bond donors (Lipinski definition) is 4. The summed E-state index contributed by atoms with van der Waals surface area (Å²) in [7, 11) is 0. The number of aromatic carboxylic acids is 1. The lowest BCUT2D eigenvalue weighted by atomic mass is 10.1. The van der Waals surface area contributed by atoms with E-state index in [0.29, 0.717) is 15.8 Å². The van der Waals surface area contributed by atoms with Gasteiger partial charge in [0, 0.05) is 11.0 Å². The Morgan fingerprint density at radius 3 is 2.59 bits per heavy atom. The smallest absolute Gasteiger partial charge is 0.335 e. The van der Waals surface area contributed by atoms with Crippen molar-refractivity contribution in [1.82, 2.24) is 0 Å². The predicted octanol–water partition coefficient (Wildman–Crippen LogP) is 1.91. The quantitative estimate of drug-likeness (QED) is 0.637. The molecule has 0 amide bonds. The normalized spacial score (nSPS) is 11.3. The molecule has 0 aliphatic heterocycles. The van der Waals surface area contributed by atoms with Crippen LogP contribution in [0.1, 0.15) is 24.2 Å². The van der Waals surface area contributed by atoms with Crippen LogP contribution in [0.15, 0.2) is 16.6 Å². The Balaban J connectivity index is 3.02. The number of anilines is 2. The Morgan fingerprint density at radius 1 is 1.53 bits per heavy atom. The van der Waals surface area contributed by atoms with Crippen molar-refractivity contribution in [2.75, 3.05) is 17.6 Å². The molecule has 94 valence electrons. The van der Waals surface area contributed by atoms with E-state index in [1.807, 2.05) is 0 Å². The van der Waals surface area contributed by atoms with Gasteiger partial charge in [-0.05, 0) is 41.9 Å². The molecule has 1 rings (SSSR count). The lowest BCUT2D eigenvalue weighted by Gasteiger charge is -2.20. The zero-order valence-electron chi connectivity index (χ0n) is 9.62. The molecule has 1 aromatic carbocycles. The minimum absolute atomic E-state index is 0.129. The van der Waals surface area contributed by atoms with E-state index < -0.39 is 11.6 Å². The number of carboxylic acid groups (broad SMARTS) is 1. The fraction of sp³-hybridized carbons (Fsp3) is 0.364. The third-order valence-electron chi connectivity index (χ3n) is 2.09. The van der Waals surface area contributed by atoms with Crippen molar-refractivity contribution in [2.45, 2.75) is 19.4 Å². The van der Waals surface area contributed by atoms with Gasteiger partial charge in [0.1, 0.15) is 0 Å². The van der Waals surface area contributed by atoms with Crippen molar-refractivity contribution in [3.05, 3.63) is 22.2 Å². The van der Waals surface area contributed by atoms with Gasteiger partial charge in [-0.15, -0.1) is 0 Å². The highest BCUT2D eigenvalue weighted by atomic mass is 79.9. The molecule has 6 heteroatoms. The molecule has 0 aliphatic carbocycles. The summed E-state index contributed by atoms with van der Waals surface area (Å²) in [6.45, 7) is 3.56. The molecule has 0 aromatic heterocycles. The summed E-state index contributed by atoms with van der Waals surface area (Å²) in [6, 6.07) is 2.88. The number of carboxylic acids is 1. The standard InChI is InChI=1S/C11H15BrN2O3/c1-11(2,17)5-14-8-4-6(10(15)16)3-7(12)9(8)13/h3-4,14,17H,5,13H2,1-2H3,(H,15,16). The molecular weight excluding hydrogens is 288 g/mol. The summed E-state index contributed by atoms with van der Waals surface area (Å²) in [5.41, 5.74) is 5.92. The van der Waals surface area contributed by atoms with Gasteiger partial charge in [-0.3, -0.25) is 0 Å². The van der Waals surface area contributed by atoms with Crippen LogP contribution in [0.5, 0.6) is 0 Å². The average Bonchev–Trinajstić information content (AvgIpc) is 2.18. The Hall–Kier alpha value is -1.27. The van der Waals surface area contributed by atoms with Crippen LogP contribution in [0, 0.1) is 0 Å². The lowest BCUT2D eigenvalue weighted by Crippen LogP contribution is -2.29. The van der Waals surface area contributed by atoms with Gasteiger partial charge >= 0.3 is 5.97 Å². The first-order chi connectivity index (χ1) is 7.70. The average molecular weight is 303 g/mol. The van der Waals surface area contributed by atoms with Crippen LogP contribution in [-0.2, 0) is 0 Å². The predicted molar refractivity (Wildman–Crippen MR) is 70.3 cm³/mol.